The minimum atomic E-state index is -3.78. The highest BCUT2D eigenvalue weighted by Gasteiger charge is 2.19. The van der Waals surface area contributed by atoms with E-state index in [0.717, 1.165) is 5.56 Å². The van der Waals surface area contributed by atoms with Gasteiger partial charge in [0.25, 0.3) is 5.91 Å². The number of aromatic nitrogens is 4. The number of nitrogens with two attached hydrogens (primary N) is 1. The Kier molecular flexibility index (Phi) is 5.76. The molecule has 0 aliphatic rings. The van der Waals surface area contributed by atoms with Gasteiger partial charge in [-0.15, -0.1) is 10.2 Å². The van der Waals surface area contributed by atoms with Crippen LogP contribution in [-0.4, -0.2) is 34.5 Å². The Morgan fingerprint density at radius 3 is 2.21 bits per heavy atom. The number of nitrogens with one attached hydrogen (secondary N) is 1. The summed E-state index contributed by atoms with van der Waals surface area (Å²) in [5.74, 6) is 0.486. The molecule has 10 heteroatoms. The molecule has 29 heavy (non-hydrogen) atoms. The largest absolute Gasteiger partial charge is 0.324 e. The van der Waals surface area contributed by atoms with Gasteiger partial charge in [0.1, 0.15) is 6.04 Å². The summed E-state index contributed by atoms with van der Waals surface area (Å²) in [6.07, 6.45) is 0. The third kappa shape index (κ3) is 4.84. The number of carbonyl (C=O) groups is 1. The van der Waals surface area contributed by atoms with Crippen LogP contribution in [0.1, 0.15) is 38.3 Å². The zero-order chi connectivity index (χ0) is 21.2. The SMILES string of the molecule is CC(C)c1ccc(-c2nnn([C@@H](C)C(=O)Nc3ccc(S(N)(=O)=O)cc3)n2)cc1. The Morgan fingerprint density at radius 1 is 1.03 bits per heavy atom. The zero-order valence-corrected chi connectivity index (χ0v) is 17.1. The van der Waals surface area contributed by atoms with E-state index in [1.54, 1.807) is 6.92 Å². The van der Waals surface area contributed by atoms with Gasteiger partial charge in [0.05, 0.1) is 4.90 Å². The molecule has 1 amide bonds. The fraction of sp³-hybridized carbons (Fsp3) is 0.263. The van der Waals surface area contributed by atoms with E-state index >= 15 is 0 Å². The first-order valence-corrected chi connectivity index (χ1v) is 10.5. The number of rotatable bonds is 6. The summed E-state index contributed by atoms with van der Waals surface area (Å²) >= 11 is 0. The van der Waals surface area contributed by atoms with Gasteiger partial charge >= 0.3 is 0 Å². The normalized spacial score (nSPS) is 12.7. The van der Waals surface area contributed by atoms with Crippen molar-refractivity contribution in [1.29, 1.82) is 0 Å². The van der Waals surface area contributed by atoms with Gasteiger partial charge in [-0.2, -0.15) is 4.80 Å². The van der Waals surface area contributed by atoms with Crippen LogP contribution in [0.5, 0.6) is 0 Å². The first-order chi connectivity index (χ1) is 13.6. The molecule has 3 N–H and O–H groups in total. The highest BCUT2D eigenvalue weighted by atomic mass is 32.2. The van der Waals surface area contributed by atoms with Crippen LogP contribution in [0.2, 0.25) is 0 Å². The lowest BCUT2D eigenvalue weighted by molar-refractivity contribution is -0.119. The van der Waals surface area contributed by atoms with Crippen LogP contribution in [0.25, 0.3) is 11.4 Å². The summed E-state index contributed by atoms with van der Waals surface area (Å²) < 4.78 is 22.6. The molecule has 3 aromatic rings. The number of benzene rings is 2. The van der Waals surface area contributed by atoms with Crippen molar-refractivity contribution in [3.05, 3.63) is 54.1 Å². The Bertz CT molecular complexity index is 1110. The van der Waals surface area contributed by atoms with E-state index in [1.165, 1.54) is 34.6 Å². The summed E-state index contributed by atoms with van der Waals surface area (Å²) in [5.41, 5.74) is 2.45. The molecular weight excluding hydrogens is 392 g/mol. The van der Waals surface area contributed by atoms with Crippen molar-refractivity contribution in [3.8, 4) is 11.4 Å². The summed E-state index contributed by atoms with van der Waals surface area (Å²) in [7, 11) is -3.78. The number of anilines is 1. The van der Waals surface area contributed by atoms with Crippen molar-refractivity contribution in [2.75, 3.05) is 5.32 Å². The Labute approximate surface area is 169 Å². The molecule has 0 spiro atoms. The average molecular weight is 414 g/mol. The second-order valence-electron chi connectivity index (χ2n) is 6.94. The van der Waals surface area contributed by atoms with E-state index in [9.17, 15) is 13.2 Å². The molecule has 0 saturated carbocycles. The average Bonchev–Trinajstić information content (AvgIpc) is 3.17. The van der Waals surface area contributed by atoms with Crippen LogP contribution < -0.4 is 10.5 Å². The van der Waals surface area contributed by atoms with Crippen molar-refractivity contribution < 1.29 is 13.2 Å². The number of primary sulfonamides is 1. The molecule has 1 heterocycles. The van der Waals surface area contributed by atoms with Crippen LogP contribution in [0.15, 0.2) is 53.4 Å². The summed E-state index contributed by atoms with van der Waals surface area (Å²) in [4.78, 5) is 13.7. The maximum Gasteiger partial charge on any atom is 0.250 e. The van der Waals surface area contributed by atoms with E-state index in [-0.39, 0.29) is 10.8 Å². The number of amides is 1. The van der Waals surface area contributed by atoms with Crippen LogP contribution in [0.3, 0.4) is 0 Å². The number of sulfonamides is 1. The molecule has 0 radical (unpaired) electrons. The molecule has 0 aliphatic heterocycles. The summed E-state index contributed by atoms with van der Waals surface area (Å²) in [6, 6.07) is 12.7. The third-order valence-electron chi connectivity index (χ3n) is 4.44. The number of hydrogen-bond donors (Lipinski definition) is 2. The van der Waals surface area contributed by atoms with Gasteiger partial charge in [0, 0.05) is 11.3 Å². The number of carbonyl (C=O) groups excluding carboxylic acids is 1. The van der Waals surface area contributed by atoms with Gasteiger partial charge < -0.3 is 5.32 Å². The van der Waals surface area contributed by atoms with E-state index in [2.05, 4.69) is 34.6 Å². The maximum atomic E-state index is 12.5. The lowest BCUT2D eigenvalue weighted by Gasteiger charge is -2.11. The maximum absolute atomic E-state index is 12.5. The van der Waals surface area contributed by atoms with E-state index < -0.39 is 16.1 Å². The van der Waals surface area contributed by atoms with Gasteiger partial charge in [-0.3, -0.25) is 4.79 Å². The molecule has 1 aromatic heterocycles. The Balaban J connectivity index is 1.70. The molecule has 152 valence electrons. The number of tetrazole rings is 1. The van der Waals surface area contributed by atoms with E-state index in [0.29, 0.717) is 17.4 Å². The lowest BCUT2D eigenvalue weighted by Crippen LogP contribution is -2.25. The predicted molar refractivity (Wildman–Crippen MR) is 108 cm³/mol. The lowest BCUT2D eigenvalue weighted by atomic mass is 10.0. The fourth-order valence-electron chi connectivity index (χ4n) is 2.60. The fourth-order valence-corrected chi connectivity index (χ4v) is 3.12. The minimum absolute atomic E-state index is 0.0328. The van der Waals surface area contributed by atoms with Crippen molar-refractivity contribution >= 4 is 21.6 Å². The molecule has 0 aliphatic carbocycles. The van der Waals surface area contributed by atoms with Crippen molar-refractivity contribution in [2.24, 2.45) is 5.14 Å². The van der Waals surface area contributed by atoms with E-state index in [4.69, 9.17) is 5.14 Å². The van der Waals surface area contributed by atoms with Gasteiger partial charge in [-0.05, 0) is 47.9 Å². The highest BCUT2D eigenvalue weighted by molar-refractivity contribution is 7.89. The topological polar surface area (TPSA) is 133 Å². The summed E-state index contributed by atoms with van der Waals surface area (Å²) in [6.45, 7) is 5.88. The predicted octanol–water partition coefficient (Wildman–Crippen LogP) is 2.31. The molecule has 0 saturated heterocycles. The third-order valence-corrected chi connectivity index (χ3v) is 5.37. The molecule has 2 aromatic carbocycles. The minimum Gasteiger partial charge on any atom is -0.324 e. The second kappa shape index (κ2) is 8.10. The quantitative estimate of drug-likeness (QED) is 0.636. The monoisotopic (exact) mass is 414 g/mol. The Hall–Kier alpha value is -3.11. The molecular formula is C19H22N6O3S. The number of nitrogens with zero attached hydrogens (tertiary/aromatic N) is 4. The van der Waals surface area contributed by atoms with Crippen LogP contribution in [0.4, 0.5) is 5.69 Å². The van der Waals surface area contributed by atoms with Crippen molar-refractivity contribution in [2.45, 2.75) is 37.6 Å². The van der Waals surface area contributed by atoms with Crippen molar-refractivity contribution in [3.63, 3.8) is 0 Å². The molecule has 1 atom stereocenters. The second-order valence-corrected chi connectivity index (χ2v) is 8.51. The zero-order valence-electron chi connectivity index (χ0n) is 16.3. The smallest absolute Gasteiger partial charge is 0.250 e. The van der Waals surface area contributed by atoms with Crippen LogP contribution >= 0.6 is 0 Å². The van der Waals surface area contributed by atoms with Gasteiger partial charge in [0.2, 0.25) is 15.8 Å². The number of hydrogen-bond acceptors (Lipinski definition) is 6. The molecule has 0 fully saturated rings. The summed E-state index contributed by atoms with van der Waals surface area (Å²) in [5, 5.41) is 20.1. The highest BCUT2D eigenvalue weighted by Crippen LogP contribution is 2.20. The standard InChI is InChI=1S/C19H22N6O3S/c1-12(2)14-4-6-15(7-5-14)18-22-24-25(23-18)13(3)19(26)21-16-8-10-17(11-9-16)29(20,27)28/h4-13H,1-3H3,(H,21,26)(H2,20,27,28)/t13-/m0/s1. The first kappa shape index (κ1) is 20.6. The van der Waals surface area contributed by atoms with Crippen LogP contribution in [0, 0.1) is 0 Å². The molecule has 9 nitrogen and oxygen atoms in total. The first-order valence-electron chi connectivity index (χ1n) is 8.98. The van der Waals surface area contributed by atoms with Gasteiger partial charge in [-0.1, -0.05) is 38.1 Å². The van der Waals surface area contributed by atoms with Crippen molar-refractivity contribution in [1.82, 2.24) is 20.2 Å². The molecule has 0 bridgehead atoms. The van der Waals surface area contributed by atoms with Crippen LogP contribution in [-0.2, 0) is 14.8 Å². The molecule has 0 unspecified atom stereocenters. The Morgan fingerprint density at radius 2 is 1.66 bits per heavy atom. The van der Waals surface area contributed by atoms with Gasteiger partial charge in [0.15, 0.2) is 0 Å². The molecule has 3 rings (SSSR count). The van der Waals surface area contributed by atoms with Gasteiger partial charge in [-0.25, -0.2) is 13.6 Å². The van der Waals surface area contributed by atoms with E-state index in [1.807, 2.05) is 24.3 Å².